The lowest BCUT2D eigenvalue weighted by Gasteiger charge is -2.29. The van der Waals surface area contributed by atoms with Gasteiger partial charge in [-0.25, -0.2) is 24.8 Å². The predicted molar refractivity (Wildman–Crippen MR) is 113 cm³/mol. The maximum atomic E-state index is 11.9. The van der Waals surface area contributed by atoms with Gasteiger partial charge in [0.15, 0.2) is 0 Å². The molecule has 11 heteroatoms. The van der Waals surface area contributed by atoms with Crippen molar-refractivity contribution in [2.75, 3.05) is 18.4 Å². The minimum Gasteiger partial charge on any atom is -0.493 e. The van der Waals surface area contributed by atoms with Crippen molar-refractivity contribution >= 4 is 27.6 Å². The molecule has 0 saturated carbocycles. The molecule has 3 heterocycles. The van der Waals surface area contributed by atoms with Crippen molar-refractivity contribution in [3.8, 4) is 11.6 Å². The van der Waals surface area contributed by atoms with Gasteiger partial charge in [-0.3, -0.25) is 5.01 Å². The molecule has 1 aliphatic rings. The molecule has 0 spiro atoms. The van der Waals surface area contributed by atoms with Crippen LogP contribution in [0.2, 0.25) is 0 Å². The molecule has 4 rings (SSSR count). The molecule has 1 aromatic carbocycles. The largest absolute Gasteiger partial charge is 0.493 e. The Kier molecular flexibility index (Phi) is 5.49. The van der Waals surface area contributed by atoms with Gasteiger partial charge < -0.3 is 20.4 Å². The maximum absolute atomic E-state index is 11.9. The minimum absolute atomic E-state index is 0.156. The summed E-state index contributed by atoms with van der Waals surface area (Å²) in [5.41, 5.74) is 5.23. The quantitative estimate of drug-likeness (QED) is 0.382. The van der Waals surface area contributed by atoms with Gasteiger partial charge in [0.2, 0.25) is 11.8 Å². The highest BCUT2D eigenvalue weighted by Gasteiger charge is 2.17. The summed E-state index contributed by atoms with van der Waals surface area (Å²) in [6, 6.07) is 7.14. The smallest absolute Gasteiger partial charge is 0.333 e. The van der Waals surface area contributed by atoms with Gasteiger partial charge in [0.05, 0.1) is 24.8 Å². The minimum atomic E-state index is -0.413. The summed E-state index contributed by atoms with van der Waals surface area (Å²) < 4.78 is 2.12. The second-order valence-corrected chi connectivity index (χ2v) is 7.33. The number of imidazole rings is 2. The third kappa shape index (κ3) is 4.41. The second kappa shape index (κ2) is 8.37. The number of halogens is 1. The van der Waals surface area contributed by atoms with Crippen LogP contribution in [-0.4, -0.2) is 48.7 Å². The fourth-order valence-electron chi connectivity index (χ4n) is 2.91. The zero-order chi connectivity index (χ0) is 20.2. The fraction of sp³-hybridized carbons (Fsp3) is 0.167. The molecular weight excluding hydrogens is 440 g/mol. The van der Waals surface area contributed by atoms with Crippen molar-refractivity contribution in [2.45, 2.75) is 6.42 Å². The molecule has 3 aromatic rings. The van der Waals surface area contributed by atoms with Crippen molar-refractivity contribution in [3.63, 3.8) is 0 Å². The van der Waals surface area contributed by atoms with Gasteiger partial charge in [-0.05, 0) is 18.2 Å². The molecule has 0 amide bonds. The second-order valence-electron chi connectivity index (χ2n) is 6.31. The molecule has 0 bridgehead atoms. The zero-order valence-corrected chi connectivity index (χ0v) is 16.8. The number of nitrogens with one attached hydrogen (secondary N) is 4. The lowest BCUT2D eigenvalue weighted by Crippen LogP contribution is -2.48. The Balaban J connectivity index is 1.49. The molecular formula is C18H19BrN8O2. The van der Waals surface area contributed by atoms with E-state index in [9.17, 15) is 9.90 Å². The summed E-state index contributed by atoms with van der Waals surface area (Å²) in [7, 11) is 0. The number of H-pyrrole nitrogens is 2. The average Bonchev–Trinajstić information content (AvgIpc) is 3.34. The number of nitrogens with zero attached hydrogens (tertiary/aromatic N) is 4. The number of hydrogen-bond donors (Lipinski definition) is 5. The molecule has 1 aliphatic heterocycles. The summed E-state index contributed by atoms with van der Waals surface area (Å²) >= 11 is 3.49. The van der Waals surface area contributed by atoms with Crippen LogP contribution in [0.25, 0.3) is 5.69 Å². The first-order valence-corrected chi connectivity index (χ1v) is 9.67. The van der Waals surface area contributed by atoms with Crippen molar-refractivity contribution < 1.29 is 5.11 Å². The van der Waals surface area contributed by atoms with Gasteiger partial charge >= 0.3 is 5.69 Å². The highest BCUT2D eigenvalue weighted by Crippen LogP contribution is 2.19. The topological polar surface area (TPSA) is 126 Å². The molecule has 0 radical (unpaired) electrons. The Labute approximate surface area is 174 Å². The van der Waals surface area contributed by atoms with Crippen molar-refractivity contribution in [1.29, 1.82) is 0 Å². The number of aromatic amines is 2. The van der Waals surface area contributed by atoms with Crippen molar-refractivity contribution in [2.24, 2.45) is 4.99 Å². The van der Waals surface area contributed by atoms with E-state index in [1.54, 1.807) is 36.9 Å². The molecule has 0 fully saturated rings. The summed E-state index contributed by atoms with van der Waals surface area (Å²) in [5, 5.41) is 15.0. The van der Waals surface area contributed by atoms with Crippen LogP contribution in [-0.2, 0) is 6.42 Å². The molecule has 5 N–H and O–H groups in total. The number of benzene rings is 1. The maximum Gasteiger partial charge on any atom is 0.333 e. The Bertz CT molecular complexity index is 1100. The molecule has 150 valence electrons. The Morgan fingerprint density at radius 1 is 1.31 bits per heavy atom. The molecule has 0 aliphatic carbocycles. The van der Waals surface area contributed by atoms with Crippen LogP contribution >= 0.6 is 15.9 Å². The third-order valence-corrected chi connectivity index (χ3v) is 4.72. The third-order valence-electron chi connectivity index (χ3n) is 4.26. The summed E-state index contributed by atoms with van der Waals surface area (Å²) in [5.74, 6) is 0.455. The first-order chi connectivity index (χ1) is 14.1. The van der Waals surface area contributed by atoms with E-state index < -0.39 is 5.69 Å². The van der Waals surface area contributed by atoms with Crippen LogP contribution in [0.1, 0.15) is 5.69 Å². The fourth-order valence-corrected chi connectivity index (χ4v) is 3.26. The zero-order valence-electron chi connectivity index (χ0n) is 15.3. The summed E-state index contributed by atoms with van der Waals surface area (Å²) in [6.07, 6.45) is 7.23. The SMILES string of the molecule is O=c1[nH]cc(O)n1-c1cccc(NC2=NC=C(Br)CN2NCCc2cnc[nH]2)c1. The monoisotopic (exact) mass is 458 g/mol. The van der Waals surface area contributed by atoms with Crippen molar-refractivity contribution in [1.82, 2.24) is 30.0 Å². The molecule has 0 atom stereocenters. The van der Waals surface area contributed by atoms with Gasteiger partial charge in [-0.1, -0.05) is 22.0 Å². The van der Waals surface area contributed by atoms with Gasteiger partial charge in [0.1, 0.15) is 0 Å². The first-order valence-electron chi connectivity index (χ1n) is 8.87. The molecule has 29 heavy (non-hydrogen) atoms. The Morgan fingerprint density at radius 3 is 2.97 bits per heavy atom. The van der Waals surface area contributed by atoms with Crippen molar-refractivity contribution in [3.05, 3.63) is 69.8 Å². The molecule has 10 nitrogen and oxygen atoms in total. The number of hydrogen-bond acceptors (Lipinski definition) is 7. The number of aromatic hydroxyl groups is 1. The first kappa shape index (κ1) is 19.0. The van der Waals surface area contributed by atoms with E-state index in [4.69, 9.17) is 0 Å². The summed E-state index contributed by atoms with van der Waals surface area (Å²) in [6.45, 7) is 1.29. The molecule has 0 saturated heterocycles. The average molecular weight is 459 g/mol. The highest BCUT2D eigenvalue weighted by molar-refractivity contribution is 9.11. The van der Waals surface area contributed by atoms with Gasteiger partial charge in [0.25, 0.3) is 0 Å². The van der Waals surface area contributed by atoms with Gasteiger partial charge in [-0.2, -0.15) is 0 Å². The van der Waals surface area contributed by atoms with E-state index in [2.05, 4.69) is 46.6 Å². The number of aromatic nitrogens is 4. The van der Waals surface area contributed by atoms with Crippen LogP contribution in [0.5, 0.6) is 5.88 Å². The Morgan fingerprint density at radius 2 is 2.21 bits per heavy atom. The van der Waals surface area contributed by atoms with E-state index in [0.717, 1.165) is 22.3 Å². The van der Waals surface area contributed by atoms with Crippen LogP contribution in [0.3, 0.4) is 0 Å². The highest BCUT2D eigenvalue weighted by atomic mass is 79.9. The van der Waals surface area contributed by atoms with E-state index in [0.29, 0.717) is 24.7 Å². The van der Waals surface area contributed by atoms with Crippen LogP contribution in [0.15, 0.2) is 63.5 Å². The van der Waals surface area contributed by atoms with Crippen LogP contribution < -0.4 is 16.4 Å². The lowest BCUT2D eigenvalue weighted by molar-refractivity contribution is 0.332. The Hall–Kier alpha value is -3.31. The predicted octanol–water partition coefficient (Wildman–Crippen LogP) is 1.66. The number of rotatable bonds is 6. The van der Waals surface area contributed by atoms with E-state index in [-0.39, 0.29) is 5.88 Å². The number of anilines is 1. The van der Waals surface area contributed by atoms with E-state index >= 15 is 0 Å². The van der Waals surface area contributed by atoms with Gasteiger partial charge in [-0.15, -0.1) is 0 Å². The summed E-state index contributed by atoms with van der Waals surface area (Å²) in [4.78, 5) is 25.9. The van der Waals surface area contributed by atoms with E-state index in [1.165, 1.54) is 10.8 Å². The van der Waals surface area contributed by atoms with E-state index in [1.807, 2.05) is 11.1 Å². The molecule has 2 aromatic heterocycles. The lowest BCUT2D eigenvalue weighted by atomic mass is 10.2. The van der Waals surface area contributed by atoms with Gasteiger partial charge in [0, 0.05) is 41.2 Å². The number of hydrazine groups is 1. The molecule has 0 unspecified atom stereocenters. The van der Waals surface area contributed by atoms with Crippen LogP contribution in [0, 0.1) is 0 Å². The normalized spacial score (nSPS) is 13.9. The number of guanidine groups is 1. The van der Waals surface area contributed by atoms with Crippen LogP contribution in [0.4, 0.5) is 5.69 Å². The standard InChI is InChI=1S/C18H19BrN8O2/c19-12-7-21-17(26(10-12)24-5-4-14-8-20-11-23-14)25-13-2-1-3-15(6-13)27-16(28)9-22-18(27)29/h1-3,6-9,11,24,28H,4-5,10H2,(H,20,23)(H,21,25)(H,22,29). The number of aliphatic imine (C=N–C) groups is 1.